The van der Waals surface area contributed by atoms with E-state index in [4.69, 9.17) is 9.97 Å². The highest BCUT2D eigenvalue weighted by Crippen LogP contribution is 2.40. The molecule has 0 aromatic carbocycles. The molecule has 5 nitrogen and oxygen atoms in total. The van der Waals surface area contributed by atoms with Gasteiger partial charge in [-0.25, -0.2) is 9.97 Å². The fourth-order valence-electron chi connectivity index (χ4n) is 4.40. The maximum atomic E-state index is 12.3. The van der Waals surface area contributed by atoms with Gasteiger partial charge in [-0.05, 0) is 44.1 Å². The summed E-state index contributed by atoms with van der Waals surface area (Å²) in [5, 5.41) is 1.31. The summed E-state index contributed by atoms with van der Waals surface area (Å²) < 4.78 is 0. The zero-order valence-corrected chi connectivity index (χ0v) is 18.1. The minimum Gasteiger partial charge on any atom is -0.352 e. The average molecular weight is 401 g/mol. The van der Waals surface area contributed by atoms with Crippen molar-refractivity contribution in [1.82, 2.24) is 14.9 Å². The lowest BCUT2D eigenvalue weighted by Gasteiger charge is -2.36. The van der Waals surface area contributed by atoms with Gasteiger partial charge in [0.1, 0.15) is 16.5 Å². The van der Waals surface area contributed by atoms with E-state index in [0.29, 0.717) is 12.3 Å². The molecule has 152 valence electrons. The Morgan fingerprint density at radius 2 is 1.82 bits per heavy atom. The van der Waals surface area contributed by atoms with E-state index in [0.717, 1.165) is 69.9 Å². The molecule has 28 heavy (non-hydrogen) atoms. The van der Waals surface area contributed by atoms with E-state index in [1.54, 1.807) is 0 Å². The molecule has 1 fully saturated rings. The molecule has 0 saturated carbocycles. The lowest BCUT2D eigenvalue weighted by Crippen LogP contribution is -2.49. The van der Waals surface area contributed by atoms with Crippen LogP contribution in [-0.4, -0.2) is 47.0 Å². The van der Waals surface area contributed by atoms with Gasteiger partial charge in [0.25, 0.3) is 0 Å². The second-order valence-electron chi connectivity index (χ2n) is 8.08. The number of nitrogens with zero attached hydrogens (tertiary/aromatic N) is 4. The number of carbonyl (C=O) groups is 1. The summed E-state index contributed by atoms with van der Waals surface area (Å²) >= 11 is 1.90. The molecule has 0 unspecified atom stereocenters. The van der Waals surface area contributed by atoms with E-state index in [1.807, 2.05) is 16.2 Å². The van der Waals surface area contributed by atoms with Gasteiger partial charge in [0.2, 0.25) is 5.91 Å². The van der Waals surface area contributed by atoms with Crippen molar-refractivity contribution in [2.75, 3.05) is 31.1 Å². The molecule has 3 heterocycles. The van der Waals surface area contributed by atoms with Crippen molar-refractivity contribution in [1.29, 1.82) is 0 Å². The van der Waals surface area contributed by atoms with Crippen LogP contribution in [0.4, 0.5) is 5.82 Å². The van der Waals surface area contributed by atoms with E-state index in [-0.39, 0.29) is 0 Å². The molecular weight excluding hydrogens is 368 g/mol. The Hall–Kier alpha value is -1.69. The molecule has 0 atom stereocenters. The molecule has 0 bridgehead atoms. The molecule has 0 N–H and O–H groups in total. The largest absolute Gasteiger partial charge is 0.352 e. The van der Waals surface area contributed by atoms with E-state index in [2.05, 4.69) is 18.7 Å². The number of fused-ring (bicyclic) bond motifs is 3. The summed E-state index contributed by atoms with van der Waals surface area (Å²) in [6.45, 7) is 7.65. The van der Waals surface area contributed by atoms with Crippen LogP contribution in [0, 0.1) is 0 Å². The average Bonchev–Trinajstić information content (AvgIpc) is 3.10. The maximum Gasteiger partial charge on any atom is 0.222 e. The number of aryl methyl sites for hydroxylation is 3. The molecule has 1 aliphatic carbocycles. The van der Waals surface area contributed by atoms with Crippen molar-refractivity contribution in [3.63, 3.8) is 0 Å². The standard InChI is InChI=1S/C22H32N4OS/c1-3-5-11-18-23-21(26-14-12-25(13-15-26)19(27)8-4-2)20-16-9-6-7-10-17(16)28-22(20)24-18/h3-15H2,1-2H3. The van der Waals surface area contributed by atoms with Gasteiger partial charge in [0, 0.05) is 43.9 Å². The molecule has 1 saturated heterocycles. The predicted molar refractivity (Wildman–Crippen MR) is 116 cm³/mol. The summed E-state index contributed by atoms with van der Waals surface area (Å²) in [6.07, 6.45) is 9.76. The summed E-state index contributed by atoms with van der Waals surface area (Å²) in [5.41, 5.74) is 1.51. The van der Waals surface area contributed by atoms with Gasteiger partial charge in [0.05, 0.1) is 5.39 Å². The number of hydrogen-bond acceptors (Lipinski definition) is 5. The Balaban J connectivity index is 1.65. The van der Waals surface area contributed by atoms with Crippen LogP contribution in [0.2, 0.25) is 0 Å². The minimum absolute atomic E-state index is 0.298. The van der Waals surface area contributed by atoms with Gasteiger partial charge < -0.3 is 9.80 Å². The SMILES string of the molecule is CCCCc1nc(N2CCN(C(=O)CCC)CC2)c2c3c(sc2n1)CCCC3. The number of piperazine rings is 1. The molecule has 4 rings (SSSR count). The number of anilines is 1. The highest BCUT2D eigenvalue weighted by molar-refractivity contribution is 7.19. The van der Waals surface area contributed by atoms with Crippen LogP contribution < -0.4 is 4.90 Å². The first kappa shape index (κ1) is 19.6. The Morgan fingerprint density at radius 3 is 2.57 bits per heavy atom. The number of thiophene rings is 1. The summed E-state index contributed by atoms with van der Waals surface area (Å²) in [5.74, 6) is 2.43. The number of rotatable bonds is 6. The van der Waals surface area contributed by atoms with Crippen molar-refractivity contribution >= 4 is 33.3 Å². The molecule has 1 aliphatic heterocycles. The van der Waals surface area contributed by atoms with Crippen molar-refractivity contribution in [3.05, 3.63) is 16.3 Å². The van der Waals surface area contributed by atoms with Crippen LogP contribution in [0.1, 0.15) is 68.6 Å². The fraction of sp³-hybridized carbons (Fsp3) is 0.682. The Kier molecular flexibility index (Phi) is 6.14. The molecule has 2 aromatic rings. The van der Waals surface area contributed by atoms with Gasteiger partial charge in [-0.15, -0.1) is 11.3 Å². The van der Waals surface area contributed by atoms with Crippen LogP contribution in [-0.2, 0) is 24.1 Å². The first-order chi connectivity index (χ1) is 13.7. The maximum absolute atomic E-state index is 12.3. The van der Waals surface area contributed by atoms with Crippen LogP contribution >= 0.6 is 11.3 Å². The topological polar surface area (TPSA) is 49.3 Å². The number of amides is 1. The van der Waals surface area contributed by atoms with E-state index >= 15 is 0 Å². The third kappa shape index (κ3) is 3.88. The second kappa shape index (κ2) is 8.76. The number of aromatic nitrogens is 2. The molecule has 0 spiro atoms. The zero-order valence-electron chi connectivity index (χ0n) is 17.3. The smallest absolute Gasteiger partial charge is 0.222 e. The van der Waals surface area contributed by atoms with E-state index in [9.17, 15) is 4.79 Å². The van der Waals surface area contributed by atoms with Gasteiger partial charge in [-0.2, -0.15) is 0 Å². The number of unbranched alkanes of at least 4 members (excludes halogenated alkanes) is 1. The zero-order chi connectivity index (χ0) is 19.5. The third-order valence-corrected chi connectivity index (χ3v) is 7.18. The second-order valence-corrected chi connectivity index (χ2v) is 9.16. The highest BCUT2D eigenvalue weighted by atomic mass is 32.1. The Bertz CT molecular complexity index is 839. The molecule has 2 aromatic heterocycles. The third-order valence-electron chi connectivity index (χ3n) is 5.99. The molecule has 1 amide bonds. The normalized spacial score (nSPS) is 17.2. The van der Waals surface area contributed by atoms with Gasteiger partial charge in [-0.3, -0.25) is 4.79 Å². The number of carbonyl (C=O) groups excluding carboxylic acids is 1. The molecule has 6 heteroatoms. The van der Waals surface area contributed by atoms with Gasteiger partial charge in [-0.1, -0.05) is 20.3 Å². The Morgan fingerprint density at radius 1 is 1.04 bits per heavy atom. The summed E-state index contributed by atoms with van der Waals surface area (Å²) in [6, 6.07) is 0. The van der Waals surface area contributed by atoms with Gasteiger partial charge in [0.15, 0.2) is 0 Å². The lowest BCUT2D eigenvalue weighted by atomic mass is 9.97. The van der Waals surface area contributed by atoms with Crippen molar-refractivity contribution in [2.45, 2.75) is 71.6 Å². The molecule has 2 aliphatic rings. The molecular formula is C22H32N4OS. The van der Waals surface area contributed by atoms with E-state index < -0.39 is 0 Å². The first-order valence-electron chi connectivity index (χ1n) is 11.0. The van der Waals surface area contributed by atoms with Crippen LogP contribution in [0.3, 0.4) is 0 Å². The van der Waals surface area contributed by atoms with Crippen molar-refractivity contribution in [3.8, 4) is 0 Å². The van der Waals surface area contributed by atoms with Crippen LogP contribution in [0.25, 0.3) is 10.2 Å². The van der Waals surface area contributed by atoms with Crippen molar-refractivity contribution in [2.24, 2.45) is 0 Å². The van der Waals surface area contributed by atoms with Crippen LogP contribution in [0.5, 0.6) is 0 Å². The minimum atomic E-state index is 0.298. The monoisotopic (exact) mass is 400 g/mol. The predicted octanol–water partition coefficient (Wildman–Crippen LogP) is 4.36. The van der Waals surface area contributed by atoms with Gasteiger partial charge >= 0.3 is 0 Å². The fourth-order valence-corrected chi connectivity index (χ4v) is 5.67. The first-order valence-corrected chi connectivity index (χ1v) is 11.9. The quantitative estimate of drug-likeness (QED) is 0.723. The highest BCUT2D eigenvalue weighted by Gasteiger charge is 2.27. The summed E-state index contributed by atoms with van der Waals surface area (Å²) in [7, 11) is 0. The Labute approximate surface area is 172 Å². The molecule has 0 radical (unpaired) electrons. The summed E-state index contributed by atoms with van der Waals surface area (Å²) in [4.78, 5) is 29.4. The van der Waals surface area contributed by atoms with Crippen LogP contribution in [0.15, 0.2) is 0 Å². The van der Waals surface area contributed by atoms with E-state index in [1.165, 1.54) is 39.9 Å². The lowest BCUT2D eigenvalue weighted by molar-refractivity contribution is -0.131. The van der Waals surface area contributed by atoms with Crippen molar-refractivity contribution < 1.29 is 4.79 Å². The number of hydrogen-bond donors (Lipinski definition) is 0.